The molecule has 7 nitrogen and oxygen atoms in total. The number of aromatic nitrogens is 1. The second-order valence-corrected chi connectivity index (χ2v) is 6.28. The first-order chi connectivity index (χ1) is 9.41. The molecule has 2 N–H and O–H groups in total. The van der Waals surface area contributed by atoms with Crippen molar-refractivity contribution in [2.75, 3.05) is 19.8 Å². The minimum Gasteiger partial charge on any atom is -0.461 e. The average molecular weight is 302 g/mol. The minimum atomic E-state index is -3.83. The van der Waals surface area contributed by atoms with Crippen LogP contribution < -0.4 is 5.14 Å². The Morgan fingerprint density at radius 1 is 1.60 bits per heavy atom. The molecule has 1 aliphatic heterocycles. The fourth-order valence-electron chi connectivity index (χ4n) is 2.05. The smallest absolute Gasteiger partial charge is 0.354 e. The van der Waals surface area contributed by atoms with Crippen molar-refractivity contribution in [3.8, 4) is 0 Å². The van der Waals surface area contributed by atoms with Gasteiger partial charge in [-0.1, -0.05) is 0 Å². The first-order valence-corrected chi connectivity index (χ1v) is 7.94. The number of carbonyl (C=O) groups is 1. The summed E-state index contributed by atoms with van der Waals surface area (Å²) in [5.74, 6) is -0.338. The quantitative estimate of drug-likeness (QED) is 0.791. The van der Waals surface area contributed by atoms with Crippen LogP contribution >= 0.6 is 0 Å². The lowest BCUT2D eigenvalue weighted by molar-refractivity contribution is 0.0416. The molecule has 0 aliphatic carbocycles. The Morgan fingerprint density at radius 3 is 2.90 bits per heavy atom. The largest absolute Gasteiger partial charge is 0.461 e. The molecule has 0 radical (unpaired) electrons. The number of hydrogen-bond donors (Lipinski definition) is 1. The fraction of sp³-hybridized carbons (Fsp3) is 0.583. The highest BCUT2D eigenvalue weighted by Crippen LogP contribution is 2.16. The number of nitrogens with zero attached hydrogens (tertiary/aromatic N) is 1. The summed E-state index contributed by atoms with van der Waals surface area (Å²) >= 11 is 0. The van der Waals surface area contributed by atoms with E-state index in [9.17, 15) is 13.2 Å². The molecule has 0 aromatic carbocycles. The summed E-state index contributed by atoms with van der Waals surface area (Å²) < 4.78 is 34.5. The summed E-state index contributed by atoms with van der Waals surface area (Å²) in [6.45, 7) is 3.80. The van der Waals surface area contributed by atoms with Crippen molar-refractivity contribution in [3.63, 3.8) is 0 Å². The van der Waals surface area contributed by atoms with Gasteiger partial charge in [0.05, 0.1) is 13.2 Å². The number of carbonyl (C=O) groups excluding carboxylic acids is 1. The topological polar surface area (TPSA) is 101 Å². The van der Waals surface area contributed by atoms with Gasteiger partial charge in [-0.15, -0.1) is 0 Å². The van der Waals surface area contributed by atoms with E-state index in [0.29, 0.717) is 19.8 Å². The summed E-state index contributed by atoms with van der Waals surface area (Å²) in [6.07, 6.45) is 2.20. The third kappa shape index (κ3) is 3.38. The van der Waals surface area contributed by atoms with Gasteiger partial charge < -0.3 is 14.0 Å². The molecule has 0 spiro atoms. The fourth-order valence-corrected chi connectivity index (χ4v) is 2.60. The lowest BCUT2D eigenvalue weighted by Crippen LogP contribution is -2.16. The molecular formula is C12H18N2O5S. The summed E-state index contributed by atoms with van der Waals surface area (Å²) in [6, 6.07) is 1.24. The van der Waals surface area contributed by atoms with Gasteiger partial charge in [0.1, 0.15) is 10.6 Å². The number of rotatable bonds is 5. The lowest BCUT2D eigenvalue weighted by atomic mass is 10.1. The first-order valence-electron chi connectivity index (χ1n) is 6.39. The van der Waals surface area contributed by atoms with E-state index in [1.54, 1.807) is 6.92 Å². The Bertz CT molecular complexity index is 587. The highest BCUT2D eigenvalue weighted by atomic mass is 32.2. The highest BCUT2D eigenvalue weighted by molar-refractivity contribution is 7.89. The zero-order valence-electron chi connectivity index (χ0n) is 11.2. The zero-order chi connectivity index (χ0) is 14.8. The van der Waals surface area contributed by atoms with Crippen LogP contribution in [-0.2, 0) is 26.0 Å². The Labute approximate surface area is 117 Å². The molecular weight excluding hydrogens is 284 g/mol. The summed E-state index contributed by atoms with van der Waals surface area (Å²) in [5, 5.41) is 5.06. The molecule has 20 heavy (non-hydrogen) atoms. The number of ether oxygens (including phenoxy) is 2. The minimum absolute atomic E-state index is 0.0875. The molecule has 1 aromatic rings. The van der Waals surface area contributed by atoms with Crippen LogP contribution in [0.1, 0.15) is 23.8 Å². The van der Waals surface area contributed by atoms with E-state index >= 15 is 0 Å². The van der Waals surface area contributed by atoms with Crippen LogP contribution in [0.4, 0.5) is 0 Å². The monoisotopic (exact) mass is 302 g/mol. The predicted octanol–water partition coefficient (Wildman–Crippen LogP) is 0.349. The molecule has 1 atom stereocenters. The van der Waals surface area contributed by atoms with Crippen molar-refractivity contribution in [1.29, 1.82) is 0 Å². The van der Waals surface area contributed by atoms with E-state index in [1.807, 2.05) is 0 Å². The number of hydrogen-bond acceptors (Lipinski definition) is 5. The SMILES string of the molecule is CCn1cc(S(N)(=O)=O)cc1C(=O)OCC1CCOC1. The van der Waals surface area contributed by atoms with E-state index in [-0.39, 0.29) is 23.1 Å². The first kappa shape index (κ1) is 15.0. The van der Waals surface area contributed by atoms with Gasteiger partial charge in [0.2, 0.25) is 10.0 Å². The molecule has 0 amide bonds. The maximum Gasteiger partial charge on any atom is 0.354 e. The van der Waals surface area contributed by atoms with Crippen LogP contribution in [0.2, 0.25) is 0 Å². The third-order valence-electron chi connectivity index (χ3n) is 3.22. The van der Waals surface area contributed by atoms with Gasteiger partial charge in [-0.2, -0.15) is 0 Å². The maximum atomic E-state index is 12.0. The molecule has 0 bridgehead atoms. The summed E-state index contributed by atoms with van der Waals surface area (Å²) in [5.41, 5.74) is 0.190. The molecule has 1 aliphatic rings. The Hall–Kier alpha value is -1.38. The Balaban J connectivity index is 2.10. The van der Waals surface area contributed by atoms with E-state index in [4.69, 9.17) is 14.6 Å². The number of esters is 1. The van der Waals surface area contributed by atoms with Crippen molar-refractivity contribution in [2.24, 2.45) is 11.1 Å². The van der Waals surface area contributed by atoms with Crippen LogP contribution in [-0.4, -0.2) is 38.8 Å². The molecule has 0 saturated carbocycles. The molecule has 112 valence electrons. The van der Waals surface area contributed by atoms with Crippen molar-refractivity contribution < 1.29 is 22.7 Å². The van der Waals surface area contributed by atoms with E-state index in [0.717, 1.165) is 6.42 Å². The van der Waals surface area contributed by atoms with Crippen LogP contribution in [0, 0.1) is 5.92 Å². The van der Waals surface area contributed by atoms with Crippen LogP contribution in [0.3, 0.4) is 0 Å². The normalized spacial score (nSPS) is 19.2. The maximum absolute atomic E-state index is 12.0. The van der Waals surface area contributed by atoms with Gasteiger partial charge >= 0.3 is 5.97 Å². The van der Waals surface area contributed by atoms with Gasteiger partial charge in [-0.05, 0) is 19.4 Å². The molecule has 2 heterocycles. The Kier molecular flexibility index (Phi) is 4.46. The van der Waals surface area contributed by atoms with Gasteiger partial charge in [-0.25, -0.2) is 18.4 Å². The molecule has 1 saturated heterocycles. The number of aryl methyl sites for hydroxylation is 1. The van der Waals surface area contributed by atoms with Gasteiger partial charge in [0.25, 0.3) is 0 Å². The number of primary sulfonamides is 1. The van der Waals surface area contributed by atoms with Crippen molar-refractivity contribution >= 4 is 16.0 Å². The van der Waals surface area contributed by atoms with Crippen molar-refractivity contribution in [1.82, 2.24) is 4.57 Å². The van der Waals surface area contributed by atoms with Gasteiger partial charge in [0, 0.05) is 25.3 Å². The standard InChI is InChI=1S/C12H18N2O5S/c1-2-14-6-10(20(13,16)17)5-11(14)12(15)19-8-9-3-4-18-7-9/h5-6,9H,2-4,7-8H2,1H3,(H2,13,16,17). The second-order valence-electron chi connectivity index (χ2n) is 4.72. The second kappa shape index (κ2) is 5.94. The molecule has 1 aromatic heterocycles. The van der Waals surface area contributed by atoms with E-state index < -0.39 is 16.0 Å². The molecule has 1 unspecified atom stereocenters. The van der Waals surface area contributed by atoms with Crippen LogP contribution in [0.5, 0.6) is 0 Å². The number of sulfonamides is 1. The van der Waals surface area contributed by atoms with E-state index in [2.05, 4.69) is 0 Å². The van der Waals surface area contributed by atoms with Gasteiger partial charge in [-0.3, -0.25) is 0 Å². The lowest BCUT2D eigenvalue weighted by Gasteiger charge is -2.10. The highest BCUT2D eigenvalue weighted by Gasteiger charge is 2.22. The summed E-state index contributed by atoms with van der Waals surface area (Å²) in [7, 11) is -3.83. The molecule has 2 rings (SSSR count). The Morgan fingerprint density at radius 2 is 2.35 bits per heavy atom. The molecule has 1 fully saturated rings. The summed E-state index contributed by atoms with van der Waals surface area (Å²) in [4.78, 5) is 11.9. The van der Waals surface area contributed by atoms with Gasteiger partial charge in [0.15, 0.2) is 0 Å². The molecule has 8 heteroatoms. The predicted molar refractivity (Wildman–Crippen MR) is 70.7 cm³/mol. The van der Waals surface area contributed by atoms with Crippen molar-refractivity contribution in [3.05, 3.63) is 18.0 Å². The number of nitrogens with two attached hydrogens (primary N) is 1. The van der Waals surface area contributed by atoms with Crippen molar-refractivity contribution in [2.45, 2.75) is 24.8 Å². The van der Waals surface area contributed by atoms with E-state index in [1.165, 1.54) is 16.8 Å². The third-order valence-corrected chi connectivity index (χ3v) is 4.10. The zero-order valence-corrected chi connectivity index (χ0v) is 12.1. The van der Waals surface area contributed by atoms with Crippen LogP contribution in [0.25, 0.3) is 0 Å². The van der Waals surface area contributed by atoms with Crippen LogP contribution in [0.15, 0.2) is 17.2 Å². The average Bonchev–Trinajstić information content (AvgIpc) is 3.03.